The Morgan fingerprint density at radius 2 is 1.14 bits per heavy atom. The van der Waals surface area contributed by atoms with Crippen molar-refractivity contribution in [3.05, 3.63) is 77.8 Å². The van der Waals surface area contributed by atoms with E-state index in [9.17, 15) is 0 Å². The van der Waals surface area contributed by atoms with Gasteiger partial charge in [-0.3, -0.25) is 0 Å². The molecule has 5 nitrogen and oxygen atoms in total. The number of methoxy groups -OCH3 is 1. The number of benzene rings is 3. The third kappa shape index (κ3) is 6.32. The monoisotopic (exact) mass is 442 g/mol. The van der Waals surface area contributed by atoms with Crippen LogP contribution in [-0.2, 0) is 0 Å². The fourth-order valence-electron chi connectivity index (χ4n) is 2.48. The minimum atomic E-state index is 0.454. The largest absolute Gasteiger partial charge is 0.497 e. The van der Waals surface area contributed by atoms with Crippen molar-refractivity contribution >= 4 is 69.0 Å². The number of para-hydroxylation sites is 2. The molecule has 0 atom stereocenters. The minimum absolute atomic E-state index is 0.454. The molecular weight excluding hydrogens is 424 g/mol. The molecular formula is C21H19ClN4OS2. The number of ether oxygens (including phenoxy) is 1. The molecule has 0 aliphatic carbocycles. The summed E-state index contributed by atoms with van der Waals surface area (Å²) in [7, 11) is 1.63. The van der Waals surface area contributed by atoms with Gasteiger partial charge in [0.2, 0.25) is 0 Å². The van der Waals surface area contributed by atoms with E-state index in [2.05, 4.69) is 21.3 Å². The zero-order valence-electron chi connectivity index (χ0n) is 15.5. The third-order valence-electron chi connectivity index (χ3n) is 3.87. The van der Waals surface area contributed by atoms with Crippen LogP contribution in [0.5, 0.6) is 5.75 Å². The summed E-state index contributed by atoms with van der Waals surface area (Å²) in [6, 6.07) is 22.5. The lowest BCUT2D eigenvalue weighted by molar-refractivity contribution is 0.415. The highest BCUT2D eigenvalue weighted by Crippen LogP contribution is 2.22. The maximum atomic E-state index is 5.91. The zero-order chi connectivity index (χ0) is 20.6. The average Bonchev–Trinajstić information content (AvgIpc) is 2.72. The summed E-state index contributed by atoms with van der Waals surface area (Å²) in [5.41, 5.74) is 3.28. The second kappa shape index (κ2) is 10.1. The lowest BCUT2D eigenvalue weighted by atomic mass is 10.2. The number of anilines is 4. The lowest BCUT2D eigenvalue weighted by Gasteiger charge is -2.16. The number of nitrogens with one attached hydrogen (secondary N) is 4. The zero-order valence-corrected chi connectivity index (χ0v) is 17.9. The number of hydrogen-bond acceptors (Lipinski definition) is 3. The number of thiocarbonyl (C=S) groups is 2. The number of hydrogen-bond donors (Lipinski definition) is 4. The van der Waals surface area contributed by atoms with Crippen LogP contribution in [0.4, 0.5) is 22.7 Å². The first-order valence-corrected chi connectivity index (χ1v) is 9.87. The van der Waals surface area contributed by atoms with Crippen LogP contribution in [0.2, 0.25) is 5.02 Å². The van der Waals surface area contributed by atoms with Gasteiger partial charge < -0.3 is 26.0 Å². The first-order chi connectivity index (χ1) is 14.0. The Morgan fingerprint density at radius 1 is 0.690 bits per heavy atom. The van der Waals surface area contributed by atoms with E-state index < -0.39 is 0 Å². The molecule has 8 heteroatoms. The second-order valence-electron chi connectivity index (χ2n) is 5.94. The van der Waals surface area contributed by atoms with E-state index in [0.29, 0.717) is 15.2 Å². The van der Waals surface area contributed by atoms with Crippen LogP contribution in [0, 0.1) is 0 Å². The predicted molar refractivity (Wildman–Crippen MR) is 131 cm³/mol. The van der Waals surface area contributed by atoms with Crippen LogP contribution in [0.3, 0.4) is 0 Å². The van der Waals surface area contributed by atoms with Crippen molar-refractivity contribution in [3.63, 3.8) is 0 Å². The third-order valence-corrected chi connectivity index (χ3v) is 4.53. The summed E-state index contributed by atoms with van der Waals surface area (Å²) in [5, 5.41) is 14.2. The topological polar surface area (TPSA) is 57.4 Å². The molecule has 0 aliphatic rings. The van der Waals surface area contributed by atoms with Crippen molar-refractivity contribution in [1.82, 2.24) is 0 Å². The maximum absolute atomic E-state index is 5.91. The van der Waals surface area contributed by atoms with Crippen LogP contribution in [0.25, 0.3) is 0 Å². The van der Waals surface area contributed by atoms with Gasteiger partial charge in [0.15, 0.2) is 10.2 Å². The highest BCUT2D eigenvalue weighted by Gasteiger charge is 2.07. The van der Waals surface area contributed by atoms with E-state index in [-0.39, 0.29) is 0 Å². The first kappa shape index (κ1) is 20.9. The van der Waals surface area contributed by atoms with Gasteiger partial charge in [0.25, 0.3) is 0 Å². The fourth-order valence-corrected chi connectivity index (χ4v) is 3.06. The van der Waals surface area contributed by atoms with Crippen LogP contribution in [0.15, 0.2) is 72.8 Å². The van der Waals surface area contributed by atoms with Gasteiger partial charge in [-0.25, -0.2) is 0 Å². The van der Waals surface area contributed by atoms with Crippen LogP contribution in [0.1, 0.15) is 0 Å². The maximum Gasteiger partial charge on any atom is 0.175 e. The molecule has 0 radical (unpaired) electrons. The molecule has 0 unspecified atom stereocenters. The van der Waals surface area contributed by atoms with Gasteiger partial charge in [0.1, 0.15) is 5.75 Å². The van der Waals surface area contributed by atoms with Crippen molar-refractivity contribution in [2.24, 2.45) is 0 Å². The molecule has 0 saturated heterocycles. The van der Waals surface area contributed by atoms with E-state index in [1.54, 1.807) is 19.2 Å². The molecule has 0 amide bonds. The van der Waals surface area contributed by atoms with Gasteiger partial charge in [-0.2, -0.15) is 0 Å². The molecule has 0 heterocycles. The molecule has 0 spiro atoms. The summed E-state index contributed by atoms with van der Waals surface area (Å²) < 4.78 is 5.16. The van der Waals surface area contributed by atoms with Gasteiger partial charge in [-0.05, 0) is 85.1 Å². The van der Waals surface area contributed by atoms with E-state index in [1.807, 2.05) is 60.7 Å². The highest BCUT2D eigenvalue weighted by molar-refractivity contribution is 7.81. The molecule has 0 fully saturated rings. The van der Waals surface area contributed by atoms with E-state index in [4.69, 9.17) is 40.8 Å². The highest BCUT2D eigenvalue weighted by atomic mass is 35.5. The van der Waals surface area contributed by atoms with Crippen LogP contribution >= 0.6 is 36.0 Å². The molecule has 3 aromatic rings. The van der Waals surface area contributed by atoms with Gasteiger partial charge >= 0.3 is 0 Å². The predicted octanol–water partition coefficient (Wildman–Crippen LogP) is 5.97. The molecule has 29 heavy (non-hydrogen) atoms. The van der Waals surface area contributed by atoms with Crippen molar-refractivity contribution < 1.29 is 4.74 Å². The Labute approximate surface area is 185 Å². The Kier molecular flexibility index (Phi) is 7.24. The van der Waals surface area contributed by atoms with Crippen molar-refractivity contribution in [3.8, 4) is 5.75 Å². The summed E-state index contributed by atoms with van der Waals surface area (Å²) >= 11 is 16.7. The Morgan fingerprint density at radius 3 is 1.59 bits per heavy atom. The van der Waals surface area contributed by atoms with Crippen LogP contribution < -0.4 is 26.0 Å². The van der Waals surface area contributed by atoms with E-state index in [0.717, 1.165) is 28.5 Å². The fraction of sp³-hybridized carbons (Fsp3) is 0.0476. The molecule has 0 saturated carbocycles. The smallest absolute Gasteiger partial charge is 0.175 e. The summed E-state index contributed by atoms with van der Waals surface area (Å²) in [4.78, 5) is 0. The van der Waals surface area contributed by atoms with Crippen molar-refractivity contribution in [2.75, 3.05) is 28.4 Å². The van der Waals surface area contributed by atoms with E-state index in [1.165, 1.54) is 0 Å². The van der Waals surface area contributed by atoms with Crippen molar-refractivity contribution in [2.45, 2.75) is 0 Å². The molecule has 148 valence electrons. The molecule has 0 aromatic heterocycles. The van der Waals surface area contributed by atoms with Gasteiger partial charge in [0.05, 0.1) is 18.5 Å². The quantitative estimate of drug-likeness (QED) is 0.363. The molecule has 3 rings (SSSR count). The minimum Gasteiger partial charge on any atom is -0.497 e. The van der Waals surface area contributed by atoms with Gasteiger partial charge in [0, 0.05) is 16.4 Å². The molecule has 3 aromatic carbocycles. The SMILES string of the molecule is COc1ccc(NC(=S)Nc2ccccc2NC(=S)Nc2ccc(Cl)cc2)cc1. The first-order valence-electron chi connectivity index (χ1n) is 8.68. The number of rotatable bonds is 5. The molecule has 4 N–H and O–H groups in total. The lowest BCUT2D eigenvalue weighted by Crippen LogP contribution is -2.22. The normalized spacial score (nSPS) is 10.0. The van der Waals surface area contributed by atoms with Crippen LogP contribution in [-0.4, -0.2) is 17.3 Å². The van der Waals surface area contributed by atoms with E-state index >= 15 is 0 Å². The standard InChI is InChI=1S/C21H19ClN4OS2/c1-27-17-12-10-16(11-13-17)24-21(29)26-19-5-3-2-4-18(19)25-20(28)23-15-8-6-14(22)7-9-15/h2-13H,1H3,(H2,23,25,28)(H2,24,26,29). The van der Waals surface area contributed by atoms with Gasteiger partial charge in [-0.1, -0.05) is 23.7 Å². The molecule has 0 bridgehead atoms. The van der Waals surface area contributed by atoms with Crippen molar-refractivity contribution in [1.29, 1.82) is 0 Å². The summed E-state index contributed by atoms with van der Waals surface area (Å²) in [5.74, 6) is 0.783. The summed E-state index contributed by atoms with van der Waals surface area (Å²) in [6.45, 7) is 0. The average molecular weight is 443 g/mol. The second-order valence-corrected chi connectivity index (χ2v) is 7.19. The molecule has 0 aliphatic heterocycles. The Balaban J connectivity index is 1.62. The Hall–Kier alpha value is -2.87. The number of halogens is 1. The Bertz CT molecular complexity index is 994. The van der Waals surface area contributed by atoms with Gasteiger partial charge in [-0.15, -0.1) is 0 Å². The summed E-state index contributed by atoms with van der Waals surface area (Å²) in [6.07, 6.45) is 0.